The number of fused-ring (bicyclic) bond motifs is 1. The molecule has 4 aromatic carbocycles. The highest BCUT2D eigenvalue weighted by Gasteiger charge is 2.36. The van der Waals surface area contributed by atoms with Crippen molar-refractivity contribution >= 4 is 50.7 Å². The summed E-state index contributed by atoms with van der Waals surface area (Å²) in [5.41, 5.74) is 1.51. The van der Waals surface area contributed by atoms with Gasteiger partial charge in [0.2, 0.25) is 6.17 Å². The Hall–Kier alpha value is -4.77. The average molecular weight is 649 g/mol. The number of benzene rings is 4. The standard InChI is InChI=1S/C32H24BrF3N4O3/c1-19-9-5-6-12-22(19)27(41)18-40-26-14-8-7-13-23(26)28(20-10-3-2-4-11-20)38-29(30(40)42)39-31(43)37-25-16-15-21(33)17-24(25)32(34,35)36/h2-17,29H,18H2,1H3,(H2,37,39,43)/t29-/m0/s1. The zero-order valence-corrected chi connectivity index (χ0v) is 24.2. The molecule has 0 aromatic heterocycles. The second kappa shape index (κ2) is 12.2. The Labute approximate surface area is 253 Å². The van der Waals surface area contributed by atoms with Crippen LogP contribution in [-0.2, 0) is 11.0 Å². The number of anilines is 2. The van der Waals surface area contributed by atoms with Gasteiger partial charge in [0.1, 0.15) is 0 Å². The molecule has 0 saturated carbocycles. The molecule has 1 aliphatic rings. The van der Waals surface area contributed by atoms with E-state index < -0.39 is 35.5 Å². The number of amides is 3. The zero-order chi connectivity index (χ0) is 30.7. The molecule has 0 spiro atoms. The minimum Gasteiger partial charge on any atom is -0.308 e. The molecule has 1 atom stereocenters. The first kappa shape index (κ1) is 29.7. The third-order valence-corrected chi connectivity index (χ3v) is 7.30. The number of hydrogen-bond acceptors (Lipinski definition) is 4. The molecule has 3 amide bonds. The number of carbonyl (C=O) groups excluding carboxylic acids is 3. The summed E-state index contributed by atoms with van der Waals surface area (Å²) in [4.78, 5) is 46.4. The van der Waals surface area contributed by atoms with Gasteiger partial charge in [-0.2, -0.15) is 13.2 Å². The van der Waals surface area contributed by atoms with Crippen LogP contribution in [-0.4, -0.2) is 36.1 Å². The van der Waals surface area contributed by atoms with E-state index >= 15 is 0 Å². The Balaban J connectivity index is 1.54. The number of nitrogens with one attached hydrogen (secondary N) is 2. The summed E-state index contributed by atoms with van der Waals surface area (Å²) in [6.07, 6.45) is -6.32. The lowest BCUT2D eigenvalue weighted by Crippen LogP contribution is -2.50. The van der Waals surface area contributed by atoms with Crippen LogP contribution in [0.5, 0.6) is 0 Å². The number of urea groups is 1. The monoisotopic (exact) mass is 648 g/mol. The SMILES string of the molecule is Cc1ccccc1C(=O)CN1C(=O)[C@H](NC(=O)Nc2ccc(Br)cc2C(F)(F)F)N=C(c2ccccc2)c2ccccc21. The van der Waals surface area contributed by atoms with E-state index in [0.717, 1.165) is 17.7 Å². The van der Waals surface area contributed by atoms with Gasteiger partial charge >= 0.3 is 12.2 Å². The Bertz CT molecular complexity index is 1740. The number of alkyl halides is 3. The van der Waals surface area contributed by atoms with Gasteiger partial charge < -0.3 is 15.5 Å². The second-order valence-electron chi connectivity index (χ2n) is 9.71. The Morgan fingerprint density at radius 1 is 0.930 bits per heavy atom. The number of ketones is 1. The summed E-state index contributed by atoms with van der Waals surface area (Å²) in [5, 5.41) is 4.62. The van der Waals surface area contributed by atoms with Gasteiger partial charge in [-0.3, -0.25) is 9.59 Å². The van der Waals surface area contributed by atoms with Gasteiger partial charge in [-0.1, -0.05) is 88.7 Å². The number of rotatable bonds is 6. The molecule has 0 aliphatic carbocycles. The van der Waals surface area contributed by atoms with Gasteiger partial charge in [0.05, 0.1) is 29.2 Å². The number of aliphatic imine (C=N–C) groups is 1. The maximum Gasteiger partial charge on any atom is 0.418 e. The molecule has 11 heteroatoms. The highest BCUT2D eigenvalue weighted by atomic mass is 79.9. The van der Waals surface area contributed by atoms with Gasteiger partial charge in [0, 0.05) is 21.2 Å². The molecule has 1 aliphatic heterocycles. The molecule has 0 unspecified atom stereocenters. The number of carbonyl (C=O) groups is 3. The van der Waals surface area contributed by atoms with Crippen LogP contribution in [0.1, 0.15) is 32.6 Å². The number of benzodiazepines with no additional fused rings is 1. The van der Waals surface area contributed by atoms with E-state index in [1.165, 1.54) is 11.0 Å². The number of hydrogen-bond donors (Lipinski definition) is 2. The maximum absolute atomic E-state index is 14.0. The first-order valence-corrected chi connectivity index (χ1v) is 13.9. The first-order valence-electron chi connectivity index (χ1n) is 13.1. The summed E-state index contributed by atoms with van der Waals surface area (Å²) in [7, 11) is 0. The normalized spacial score (nSPS) is 14.8. The smallest absolute Gasteiger partial charge is 0.308 e. The molecule has 43 heavy (non-hydrogen) atoms. The number of Topliss-reactive ketones (excluding diaryl/α,β-unsaturated/α-hetero) is 1. The third kappa shape index (κ3) is 6.51. The summed E-state index contributed by atoms with van der Waals surface area (Å²) < 4.78 is 41.2. The van der Waals surface area contributed by atoms with E-state index in [0.29, 0.717) is 28.1 Å². The van der Waals surface area contributed by atoms with Crippen molar-refractivity contribution in [2.45, 2.75) is 19.3 Å². The van der Waals surface area contributed by atoms with Crippen LogP contribution in [0.4, 0.5) is 29.3 Å². The topological polar surface area (TPSA) is 90.9 Å². The minimum atomic E-state index is -4.75. The van der Waals surface area contributed by atoms with Crippen molar-refractivity contribution in [2.24, 2.45) is 4.99 Å². The molecule has 2 N–H and O–H groups in total. The molecule has 0 radical (unpaired) electrons. The van der Waals surface area contributed by atoms with Crippen molar-refractivity contribution in [1.29, 1.82) is 0 Å². The van der Waals surface area contributed by atoms with Crippen LogP contribution in [0.2, 0.25) is 0 Å². The molecule has 5 rings (SSSR count). The maximum atomic E-state index is 14.0. The summed E-state index contributed by atoms with van der Waals surface area (Å²) in [5.74, 6) is -1.07. The molecular formula is C32H24BrF3N4O3. The molecule has 4 aromatic rings. The number of halogens is 4. The van der Waals surface area contributed by atoms with Crippen molar-refractivity contribution in [1.82, 2.24) is 5.32 Å². The van der Waals surface area contributed by atoms with E-state index in [1.54, 1.807) is 79.7 Å². The van der Waals surface area contributed by atoms with Gasteiger partial charge in [-0.25, -0.2) is 9.79 Å². The predicted molar refractivity (Wildman–Crippen MR) is 161 cm³/mol. The van der Waals surface area contributed by atoms with Gasteiger partial charge in [0.15, 0.2) is 5.78 Å². The van der Waals surface area contributed by atoms with E-state index in [9.17, 15) is 27.6 Å². The highest BCUT2D eigenvalue weighted by Crippen LogP contribution is 2.36. The molecule has 0 bridgehead atoms. The lowest BCUT2D eigenvalue weighted by Gasteiger charge is -2.25. The minimum absolute atomic E-state index is 0.175. The van der Waals surface area contributed by atoms with Gasteiger partial charge in [-0.15, -0.1) is 0 Å². The predicted octanol–water partition coefficient (Wildman–Crippen LogP) is 6.99. The molecule has 218 valence electrons. The molecule has 0 fully saturated rings. The van der Waals surface area contributed by atoms with Crippen LogP contribution in [0.25, 0.3) is 0 Å². The van der Waals surface area contributed by atoms with Crippen LogP contribution in [0.3, 0.4) is 0 Å². The fraction of sp³-hybridized carbons (Fsp3) is 0.125. The Morgan fingerprint density at radius 3 is 2.33 bits per heavy atom. The average Bonchev–Trinajstić information content (AvgIpc) is 3.09. The molecule has 1 heterocycles. The summed E-state index contributed by atoms with van der Waals surface area (Å²) >= 11 is 3.02. The van der Waals surface area contributed by atoms with Crippen LogP contribution in [0, 0.1) is 6.92 Å². The molecule has 0 saturated heterocycles. The lowest BCUT2D eigenvalue weighted by molar-refractivity contribution is -0.137. The van der Waals surface area contributed by atoms with Crippen molar-refractivity contribution in [3.63, 3.8) is 0 Å². The van der Waals surface area contributed by atoms with E-state index in [-0.39, 0.29) is 16.8 Å². The first-order chi connectivity index (χ1) is 20.5. The summed E-state index contributed by atoms with van der Waals surface area (Å²) in [6, 6.07) is 25.0. The van der Waals surface area contributed by atoms with Gasteiger partial charge in [-0.05, 0) is 36.8 Å². The van der Waals surface area contributed by atoms with Crippen LogP contribution >= 0.6 is 15.9 Å². The Kier molecular flexibility index (Phi) is 8.45. The zero-order valence-electron chi connectivity index (χ0n) is 22.7. The second-order valence-corrected chi connectivity index (χ2v) is 10.6. The largest absolute Gasteiger partial charge is 0.418 e. The number of para-hydroxylation sites is 1. The fourth-order valence-electron chi connectivity index (χ4n) is 4.77. The Morgan fingerprint density at radius 2 is 1.60 bits per heavy atom. The quantitative estimate of drug-likeness (QED) is 0.221. The van der Waals surface area contributed by atoms with Crippen molar-refractivity contribution < 1.29 is 27.6 Å². The van der Waals surface area contributed by atoms with Crippen molar-refractivity contribution in [2.75, 3.05) is 16.8 Å². The highest BCUT2D eigenvalue weighted by molar-refractivity contribution is 9.10. The van der Waals surface area contributed by atoms with Crippen molar-refractivity contribution in [3.8, 4) is 0 Å². The third-order valence-electron chi connectivity index (χ3n) is 6.81. The lowest BCUT2D eigenvalue weighted by atomic mass is 9.99. The van der Waals surface area contributed by atoms with E-state index in [2.05, 4.69) is 31.6 Å². The number of aryl methyl sites for hydroxylation is 1. The fourth-order valence-corrected chi connectivity index (χ4v) is 5.13. The van der Waals surface area contributed by atoms with E-state index in [1.807, 2.05) is 6.07 Å². The van der Waals surface area contributed by atoms with Crippen LogP contribution in [0.15, 0.2) is 107 Å². The van der Waals surface area contributed by atoms with Crippen LogP contribution < -0.4 is 15.5 Å². The van der Waals surface area contributed by atoms with Gasteiger partial charge in [0.25, 0.3) is 5.91 Å². The number of nitrogens with zero attached hydrogens (tertiary/aromatic N) is 2. The summed E-state index contributed by atoms with van der Waals surface area (Å²) in [6.45, 7) is 1.43. The molecular weight excluding hydrogens is 625 g/mol. The molecule has 7 nitrogen and oxygen atoms in total. The van der Waals surface area contributed by atoms with E-state index in [4.69, 9.17) is 0 Å². The van der Waals surface area contributed by atoms with Crippen molar-refractivity contribution in [3.05, 3.63) is 129 Å².